The van der Waals surface area contributed by atoms with Crippen LogP contribution in [0.1, 0.15) is 12.0 Å². The topological polar surface area (TPSA) is 47.6 Å². The van der Waals surface area contributed by atoms with Crippen molar-refractivity contribution in [3.8, 4) is 12.3 Å². The van der Waals surface area contributed by atoms with Gasteiger partial charge in [0.2, 0.25) is 0 Å². The quantitative estimate of drug-likeness (QED) is 0.592. The number of benzene rings is 1. The molecule has 0 aliphatic rings. The van der Waals surface area contributed by atoms with E-state index < -0.39 is 6.09 Å². The van der Waals surface area contributed by atoms with Gasteiger partial charge in [-0.05, 0) is 12.0 Å². The molecular formula is C14H17NO3. The average molecular weight is 247 g/mol. The zero-order valence-electron chi connectivity index (χ0n) is 10.2. The Morgan fingerprint density at radius 2 is 2.11 bits per heavy atom. The van der Waals surface area contributed by atoms with Crippen LogP contribution in [0.15, 0.2) is 30.3 Å². The largest absolute Gasteiger partial charge is 0.445 e. The lowest BCUT2D eigenvalue weighted by atomic mass is 10.2. The number of rotatable bonds is 7. The molecule has 0 radical (unpaired) electrons. The van der Waals surface area contributed by atoms with E-state index in [1.165, 1.54) is 0 Å². The number of hydrogen-bond acceptors (Lipinski definition) is 3. The molecule has 1 aromatic carbocycles. The number of nitrogens with one attached hydrogen (secondary N) is 1. The molecule has 1 amide bonds. The van der Waals surface area contributed by atoms with Gasteiger partial charge in [0.15, 0.2) is 0 Å². The van der Waals surface area contributed by atoms with Gasteiger partial charge in [-0.25, -0.2) is 4.79 Å². The van der Waals surface area contributed by atoms with Gasteiger partial charge in [-0.2, -0.15) is 0 Å². The summed E-state index contributed by atoms with van der Waals surface area (Å²) in [7, 11) is 0. The summed E-state index contributed by atoms with van der Waals surface area (Å²) in [4.78, 5) is 11.3. The number of amides is 1. The molecule has 0 atom stereocenters. The van der Waals surface area contributed by atoms with Crippen LogP contribution in [0.4, 0.5) is 4.79 Å². The van der Waals surface area contributed by atoms with Crippen LogP contribution < -0.4 is 5.32 Å². The third kappa shape index (κ3) is 6.56. The number of ether oxygens (including phenoxy) is 2. The van der Waals surface area contributed by atoms with Crippen molar-refractivity contribution < 1.29 is 14.3 Å². The minimum atomic E-state index is -0.421. The fourth-order valence-corrected chi connectivity index (χ4v) is 1.27. The summed E-state index contributed by atoms with van der Waals surface area (Å²) in [6.07, 6.45) is 5.31. The standard InChI is InChI=1S/C14H17NO3/c1-2-10-17-11-6-9-15-14(16)18-12-13-7-4-3-5-8-13/h1,3-5,7-8H,6,9-12H2,(H,15,16). The summed E-state index contributed by atoms with van der Waals surface area (Å²) in [6.45, 7) is 1.63. The van der Waals surface area contributed by atoms with Crippen molar-refractivity contribution in [1.29, 1.82) is 0 Å². The number of terminal acetylenes is 1. The van der Waals surface area contributed by atoms with Crippen LogP contribution in [0.5, 0.6) is 0 Å². The molecule has 0 aliphatic carbocycles. The highest BCUT2D eigenvalue weighted by Crippen LogP contribution is 2.00. The summed E-state index contributed by atoms with van der Waals surface area (Å²) in [5, 5.41) is 2.64. The van der Waals surface area contributed by atoms with Gasteiger partial charge in [-0.3, -0.25) is 0 Å². The first-order valence-electron chi connectivity index (χ1n) is 5.78. The summed E-state index contributed by atoms with van der Waals surface area (Å²) in [5.41, 5.74) is 0.963. The van der Waals surface area contributed by atoms with Crippen LogP contribution in [-0.4, -0.2) is 25.9 Å². The average Bonchev–Trinajstić information content (AvgIpc) is 2.41. The number of alkyl carbamates (subject to hydrolysis) is 1. The van der Waals surface area contributed by atoms with E-state index in [0.29, 0.717) is 26.2 Å². The first-order chi connectivity index (χ1) is 8.83. The van der Waals surface area contributed by atoms with Gasteiger partial charge in [-0.15, -0.1) is 6.42 Å². The second kappa shape index (κ2) is 9.08. The van der Waals surface area contributed by atoms with Crippen molar-refractivity contribution in [1.82, 2.24) is 5.32 Å². The molecule has 0 aliphatic heterocycles. The van der Waals surface area contributed by atoms with Gasteiger partial charge >= 0.3 is 6.09 Å². The monoisotopic (exact) mass is 247 g/mol. The molecule has 1 rings (SSSR count). The van der Waals surface area contributed by atoms with Crippen molar-refractivity contribution in [2.24, 2.45) is 0 Å². The Hall–Kier alpha value is -1.99. The normalized spacial score (nSPS) is 9.50. The molecule has 0 spiro atoms. The van der Waals surface area contributed by atoms with Gasteiger partial charge in [-0.1, -0.05) is 36.3 Å². The Morgan fingerprint density at radius 1 is 1.33 bits per heavy atom. The van der Waals surface area contributed by atoms with Crippen LogP contribution >= 0.6 is 0 Å². The highest BCUT2D eigenvalue weighted by molar-refractivity contribution is 5.67. The van der Waals surface area contributed by atoms with Crippen molar-refractivity contribution >= 4 is 6.09 Å². The van der Waals surface area contributed by atoms with E-state index in [-0.39, 0.29) is 6.61 Å². The van der Waals surface area contributed by atoms with Crippen LogP contribution in [0.2, 0.25) is 0 Å². The minimum Gasteiger partial charge on any atom is -0.445 e. The molecule has 1 aromatic rings. The third-order valence-electron chi connectivity index (χ3n) is 2.13. The van der Waals surface area contributed by atoms with Gasteiger partial charge in [0.1, 0.15) is 13.2 Å². The van der Waals surface area contributed by atoms with E-state index in [9.17, 15) is 4.79 Å². The molecule has 96 valence electrons. The lowest BCUT2D eigenvalue weighted by Gasteiger charge is -2.06. The lowest BCUT2D eigenvalue weighted by molar-refractivity contribution is 0.135. The molecule has 0 unspecified atom stereocenters. The maximum absolute atomic E-state index is 11.3. The lowest BCUT2D eigenvalue weighted by Crippen LogP contribution is -2.26. The predicted octanol–water partition coefficient (Wildman–Crippen LogP) is 1.95. The van der Waals surface area contributed by atoms with E-state index >= 15 is 0 Å². The van der Waals surface area contributed by atoms with Gasteiger partial charge in [0.05, 0.1) is 0 Å². The Bertz CT molecular complexity index is 384. The zero-order valence-corrected chi connectivity index (χ0v) is 10.2. The predicted molar refractivity (Wildman–Crippen MR) is 68.9 cm³/mol. The van der Waals surface area contributed by atoms with Gasteiger partial charge < -0.3 is 14.8 Å². The maximum atomic E-state index is 11.3. The molecule has 1 N–H and O–H groups in total. The fourth-order valence-electron chi connectivity index (χ4n) is 1.27. The zero-order chi connectivity index (χ0) is 13.1. The summed E-state index contributed by atoms with van der Waals surface area (Å²) in [6, 6.07) is 9.53. The second-order valence-corrected chi connectivity index (χ2v) is 3.60. The number of carbonyl (C=O) groups is 1. The molecule has 18 heavy (non-hydrogen) atoms. The van der Waals surface area contributed by atoms with Gasteiger partial charge in [0.25, 0.3) is 0 Å². The van der Waals surface area contributed by atoms with Crippen molar-refractivity contribution in [2.45, 2.75) is 13.0 Å². The van der Waals surface area contributed by atoms with E-state index in [2.05, 4.69) is 11.2 Å². The minimum absolute atomic E-state index is 0.278. The highest BCUT2D eigenvalue weighted by atomic mass is 16.5. The van der Waals surface area contributed by atoms with E-state index in [4.69, 9.17) is 15.9 Å². The molecule has 0 fully saturated rings. The van der Waals surface area contributed by atoms with Crippen LogP contribution in [0.3, 0.4) is 0 Å². The number of carbonyl (C=O) groups excluding carboxylic acids is 1. The Labute approximate surface area is 107 Å². The molecule has 0 bridgehead atoms. The summed E-state index contributed by atoms with van der Waals surface area (Å²) >= 11 is 0. The molecule has 0 aromatic heterocycles. The smallest absolute Gasteiger partial charge is 0.407 e. The summed E-state index contributed by atoms with van der Waals surface area (Å²) in [5.74, 6) is 2.37. The molecule has 4 nitrogen and oxygen atoms in total. The SMILES string of the molecule is C#CCOCCCNC(=O)OCc1ccccc1. The summed E-state index contributed by atoms with van der Waals surface area (Å²) < 4.78 is 10.1. The van der Waals surface area contributed by atoms with E-state index in [1.807, 2.05) is 30.3 Å². The van der Waals surface area contributed by atoms with Crippen LogP contribution in [0, 0.1) is 12.3 Å². The molecule has 0 saturated carbocycles. The fraction of sp³-hybridized carbons (Fsp3) is 0.357. The first kappa shape index (κ1) is 14.1. The Morgan fingerprint density at radius 3 is 2.83 bits per heavy atom. The highest BCUT2D eigenvalue weighted by Gasteiger charge is 2.01. The van der Waals surface area contributed by atoms with Crippen LogP contribution in [0.25, 0.3) is 0 Å². The van der Waals surface area contributed by atoms with Crippen LogP contribution in [-0.2, 0) is 16.1 Å². The first-order valence-corrected chi connectivity index (χ1v) is 5.78. The van der Waals surface area contributed by atoms with Gasteiger partial charge in [0, 0.05) is 13.2 Å². The van der Waals surface area contributed by atoms with Crippen molar-refractivity contribution in [3.05, 3.63) is 35.9 Å². The van der Waals surface area contributed by atoms with Crippen molar-refractivity contribution in [3.63, 3.8) is 0 Å². The van der Waals surface area contributed by atoms with E-state index in [1.54, 1.807) is 0 Å². The molecular weight excluding hydrogens is 230 g/mol. The molecule has 0 heterocycles. The van der Waals surface area contributed by atoms with E-state index in [0.717, 1.165) is 5.56 Å². The molecule has 4 heteroatoms. The Kier molecular flexibility index (Phi) is 7.10. The third-order valence-corrected chi connectivity index (χ3v) is 2.13. The Balaban J connectivity index is 2.03. The maximum Gasteiger partial charge on any atom is 0.407 e. The molecule has 0 saturated heterocycles. The number of hydrogen-bond donors (Lipinski definition) is 1. The second-order valence-electron chi connectivity index (χ2n) is 3.60. The van der Waals surface area contributed by atoms with Crippen molar-refractivity contribution in [2.75, 3.05) is 19.8 Å².